The summed E-state index contributed by atoms with van der Waals surface area (Å²) in [7, 11) is 1.35. The molecule has 3 nitrogen and oxygen atoms in total. The summed E-state index contributed by atoms with van der Waals surface area (Å²) in [6, 6.07) is 6.94. The zero-order valence-corrected chi connectivity index (χ0v) is 11.4. The molecule has 0 spiro atoms. The van der Waals surface area contributed by atoms with E-state index in [0.717, 1.165) is 18.2 Å². The first-order chi connectivity index (χ1) is 10.1. The molecule has 0 radical (unpaired) electrons. The number of hydrazine groups is 1. The molecule has 6 heteroatoms. The number of halogens is 3. The maximum Gasteiger partial charge on any atom is 0.168 e. The number of rotatable bonds is 5. The number of hydrogen-bond acceptors (Lipinski definition) is 3. The molecule has 0 aliphatic carbocycles. The zero-order valence-electron chi connectivity index (χ0n) is 11.4. The zero-order chi connectivity index (χ0) is 15.4. The summed E-state index contributed by atoms with van der Waals surface area (Å²) in [5, 5.41) is 0. The van der Waals surface area contributed by atoms with E-state index in [1.54, 1.807) is 12.1 Å². The smallest absolute Gasteiger partial charge is 0.168 e. The van der Waals surface area contributed by atoms with Gasteiger partial charge in [-0.2, -0.15) is 0 Å². The molecule has 0 aliphatic heterocycles. The number of benzene rings is 2. The predicted octanol–water partition coefficient (Wildman–Crippen LogP) is 2.86. The Morgan fingerprint density at radius 3 is 2.62 bits per heavy atom. The van der Waals surface area contributed by atoms with E-state index in [1.165, 1.54) is 13.2 Å². The summed E-state index contributed by atoms with van der Waals surface area (Å²) in [6.07, 6.45) is 0.0555. The van der Waals surface area contributed by atoms with Crippen molar-refractivity contribution < 1.29 is 17.9 Å². The van der Waals surface area contributed by atoms with Gasteiger partial charge in [-0.1, -0.05) is 12.1 Å². The lowest BCUT2D eigenvalue weighted by atomic mass is 9.98. The molecule has 0 saturated carbocycles. The van der Waals surface area contributed by atoms with E-state index >= 15 is 0 Å². The molecule has 0 aromatic heterocycles. The Balaban J connectivity index is 2.33. The van der Waals surface area contributed by atoms with Crippen LogP contribution >= 0.6 is 0 Å². The second-order valence-corrected chi connectivity index (χ2v) is 4.52. The maximum atomic E-state index is 14.1. The minimum Gasteiger partial charge on any atom is -0.494 e. The van der Waals surface area contributed by atoms with E-state index in [1.807, 2.05) is 0 Å². The first kappa shape index (κ1) is 15.3. The normalized spacial score (nSPS) is 12.2. The fraction of sp³-hybridized carbons (Fsp3) is 0.200. The summed E-state index contributed by atoms with van der Waals surface area (Å²) >= 11 is 0. The SMILES string of the molecule is COc1cccc(CC(NN)c2cc(F)ccc2F)c1F. The molecule has 0 fully saturated rings. The molecule has 1 atom stereocenters. The highest BCUT2D eigenvalue weighted by atomic mass is 19.1. The third-order valence-electron chi connectivity index (χ3n) is 3.22. The van der Waals surface area contributed by atoms with Crippen LogP contribution in [0.2, 0.25) is 0 Å². The van der Waals surface area contributed by atoms with Gasteiger partial charge >= 0.3 is 0 Å². The van der Waals surface area contributed by atoms with Gasteiger partial charge in [0.05, 0.1) is 13.2 Å². The Labute approximate surface area is 120 Å². The van der Waals surface area contributed by atoms with Gasteiger partial charge in [-0.15, -0.1) is 0 Å². The van der Waals surface area contributed by atoms with Crippen LogP contribution in [0.25, 0.3) is 0 Å². The Morgan fingerprint density at radius 2 is 1.95 bits per heavy atom. The van der Waals surface area contributed by atoms with Crippen molar-refractivity contribution in [3.05, 3.63) is 65.0 Å². The third kappa shape index (κ3) is 3.34. The first-order valence-electron chi connectivity index (χ1n) is 6.29. The number of methoxy groups -OCH3 is 1. The highest BCUT2D eigenvalue weighted by molar-refractivity contribution is 5.33. The lowest BCUT2D eigenvalue weighted by Crippen LogP contribution is -2.30. The number of nitrogens with one attached hydrogen (secondary N) is 1. The predicted molar refractivity (Wildman–Crippen MR) is 73.1 cm³/mol. The van der Waals surface area contributed by atoms with Crippen LogP contribution in [0.15, 0.2) is 36.4 Å². The third-order valence-corrected chi connectivity index (χ3v) is 3.22. The summed E-state index contributed by atoms with van der Waals surface area (Å²) < 4.78 is 46.0. The molecule has 0 bridgehead atoms. The van der Waals surface area contributed by atoms with Crippen LogP contribution in [0.1, 0.15) is 17.2 Å². The summed E-state index contributed by atoms with van der Waals surface area (Å²) in [4.78, 5) is 0. The Hall–Kier alpha value is -2.05. The van der Waals surface area contributed by atoms with Crippen molar-refractivity contribution in [2.45, 2.75) is 12.5 Å². The lowest BCUT2D eigenvalue weighted by Gasteiger charge is -2.18. The summed E-state index contributed by atoms with van der Waals surface area (Å²) in [5.41, 5.74) is 2.72. The van der Waals surface area contributed by atoms with Crippen LogP contribution in [0, 0.1) is 17.5 Å². The van der Waals surface area contributed by atoms with E-state index in [9.17, 15) is 13.2 Å². The van der Waals surface area contributed by atoms with E-state index in [4.69, 9.17) is 10.6 Å². The Bertz CT molecular complexity index is 634. The number of nitrogens with two attached hydrogens (primary N) is 1. The van der Waals surface area contributed by atoms with Crippen molar-refractivity contribution >= 4 is 0 Å². The fourth-order valence-corrected chi connectivity index (χ4v) is 2.13. The average molecular weight is 296 g/mol. The summed E-state index contributed by atoms with van der Waals surface area (Å²) in [6.45, 7) is 0. The van der Waals surface area contributed by atoms with E-state index in [2.05, 4.69) is 5.43 Å². The second-order valence-electron chi connectivity index (χ2n) is 4.52. The molecular formula is C15H15F3N2O. The highest BCUT2D eigenvalue weighted by Gasteiger charge is 2.19. The van der Waals surface area contributed by atoms with E-state index in [0.29, 0.717) is 5.56 Å². The van der Waals surface area contributed by atoms with Crippen molar-refractivity contribution in [2.24, 2.45) is 5.84 Å². The van der Waals surface area contributed by atoms with Crippen LogP contribution in [-0.2, 0) is 6.42 Å². The van der Waals surface area contributed by atoms with Gasteiger partial charge in [0.2, 0.25) is 0 Å². The van der Waals surface area contributed by atoms with Crippen LogP contribution in [-0.4, -0.2) is 7.11 Å². The van der Waals surface area contributed by atoms with Gasteiger partial charge in [-0.25, -0.2) is 13.2 Å². The lowest BCUT2D eigenvalue weighted by molar-refractivity contribution is 0.382. The molecule has 0 amide bonds. The van der Waals surface area contributed by atoms with E-state index < -0.39 is 23.5 Å². The molecule has 0 aliphatic rings. The highest BCUT2D eigenvalue weighted by Crippen LogP contribution is 2.26. The van der Waals surface area contributed by atoms with E-state index in [-0.39, 0.29) is 17.7 Å². The molecule has 112 valence electrons. The first-order valence-corrected chi connectivity index (χ1v) is 6.29. The molecule has 2 aromatic carbocycles. The van der Waals surface area contributed by atoms with Gasteiger partial charge in [-0.05, 0) is 36.2 Å². The van der Waals surface area contributed by atoms with Gasteiger partial charge in [0.15, 0.2) is 11.6 Å². The van der Waals surface area contributed by atoms with Crippen molar-refractivity contribution in [3.63, 3.8) is 0 Å². The van der Waals surface area contributed by atoms with Crippen molar-refractivity contribution in [3.8, 4) is 5.75 Å². The average Bonchev–Trinajstić information content (AvgIpc) is 2.49. The molecule has 0 saturated heterocycles. The molecule has 1 unspecified atom stereocenters. The Morgan fingerprint density at radius 1 is 1.19 bits per heavy atom. The number of hydrogen-bond donors (Lipinski definition) is 2. The molecule has 0 heterocycles. The van der Waals surface area contributed by atoms with Crippen LogP contribution in [0.5, 0.6) is 5.75 Å². The minimum absolute atomic E-state index is 0.0414. The van der Waals surface area contributed by atoms with Crippen molar-refractivity contribution in [2.75, 3.05) is 7.11 Å². The standard InChI is InChI=1S/C15H15F3N2O/c1-21-14-4-2-3-9(15(14)18)7-13(20-19)11-8-10(16)5-6-12(11)17/h2-6,8,13,20H,7,19H2,1H3. The van der Waals surface area contributed by atoms with Gasteiger partial charge in [-0.3, -0.25) is 11.3 Å². The van der Waals surface area contributed by atoms with Gasteiger partial charge in [0, 0.05) is 5.56 Å². The maximum absolute atomic E-state index is 14.1. The quantitative estimate of drug-likeness (QED) is 0.659. The summed E-state index contributed by atoms with van der Waals surface area (Å²) in [5.74, 6) is 3.75. The minimum atomic E-state index is -0.762. The largest absolute Gasteiger partial charge is 0.494 e. The van der Waals surface area contributed by atoms with Crippen molar-refractivity contribution in [1.29, 1.82) is 0 Å². The molecule has 3 N–H and O–H groups in total. The Kier molecular flexibility index (Phi) is 4.82. The van der Waals surface area contributed by atoms with Gasteiger partial charge < -0.3 is 4.74 Å². The molecule has 2 aromatic rings. The van der Waals surface area contributed by atoms with Crippen LogP contribution < -0.4 is 16.0 Å². The van der Waals surface area contributed by atoms with Crippen molar-refractivity contribution in [1.82, 2.24) is 5.43 Å². The molecular weight excluding hydrogens is 281 g/mol. The molecule has 21 heavy (non-hydrogen) atoms. The van der Waals surface area contributed by atoms with Crippen LogP contribution in [0.3, 0.4) is 0 Å². The second kappa shape index (κ2) is 6.60. The topological polar surface area (TPSA) is 47.3 Å². The van der Waals surface area contributed by atoms with Gasteiger partial charge in [0.25, 0.3) is 0 Å². The molecule has 2 rings (SSSR count). The van der Waals surface area contributed by atoms with Gasteiger partial charge in [0.1, 0.15) is 11.6 Å². The monoisotopic (exact) mass is 296 g/mol. The fourth-order valence-electron chi connectivity index (χ4n) is 2.13. The number of ether oxygens (including phenoxy) is 1. The van der Waals surface area contributed by atoms with Crippen LogP contribution in [0.4, 0.5) is 13.2 Å².